The van der Waals surface area contributed by atoms with Crippen LogP contribution >= 0.6 is 15.6 Å². The molecule has 0 aromatic rings. The van der Waals surface area contributed by atoms with E-state index in [2.05, 4.69) is 55.4 Å². The summed E-state index contributed by atoms with van der Waals surface area (Å²) < 4.78 is 68.4. The van der Waals surface area contributed by atoms with E-state index in [0.29, 0.717) is 25.7 Å². The third-order valence-electron chi connectivity index (χ3n) is 17.3. The van der Waals surface area contributed by atoms with Gasteiger partial charge in [-0.1, -0.05) is 325 Å². The van der Waals surface area contributed by atoms with Crippen LogP contribution in [0.2, 0.25) is 0 Å². The Labute approximate surface area is 575 Å². The SMILES string of the molecule is CC(C)CCCCCCCCCCCCCCCCCCCCC(=O)OC[C@H](COP(=O)(O)OCC(O)COP(=O)(O)OC[C@@H](COC(=O)CCCCCCCCCCC(C)C)OC(=O)CCCCCCCCCCC(C)C)OC(=O)CCCCCCCCCCC(C)C. The van der Waals surface area contributed by atoms with Gasteiger partial charge in [-0.05, 0) is 49.4 Å². The molecule has 0 aromatic heterocycles. The number of hydrogen-bond donors (Lipinski definition) is 3. The number of aliphatic hydroxyl groups excluding tert-OH is 1. The zero-order chi connectivity index (χ0) is 69.6. The monoisotopic (exact) mass is 1380 g/mol. The lowest BCUT2D eigenvalue weighted by molar-refractivity contribution is -0.161. The Morgan fingerprint density at radius 2 is 0.447 bits per heavy atom. The molecule has 19 heteroatoms. The van der Waals surface area contributed by atoms with Crippen molar-refractivity contribution in [2.45, 2.75) is 395 Å². The summed E-state index contributed by atoms with van der Waals surface area (Å²) in [4.78, 5) is 72.7. The van der Waals surface area contributed by atoms with Gasteiger partial charge in [0.05, 0.1) is 26.4 Å². The number of phosphoric acid groups is 2. The number of ether oxygens (including phenoxy) is 4. The summed E-state index contributed by atoms with van der Waals surface area (Å²) >= 11 is 0. The highest BCUT2D eigenvalue weighted by Gasteiger charge is 2.30. The number of hydrogen-bond acceptors (Lipinski definition) is 15. The Hall–Kier alpha value is -1.94. The molecule has 94 heavy (non-hydrogen) atoms. The van der Waals surface area contributed by atoms with Crippen LogP contribution in [0.4, 0.5) is 0 Å². The van der Waals surface area contributed by atoms with Crippen LogP contribution in [0.15, 0.2) is 0 Å². The van der Waals surface area contributed by atoms with E-state index in [0.717, 1.165) is 114 Å². The average Bonchev–Trinajstić information content (AvgIpc) is 1.86. The predicted molar refractivity (Wildman–Crippen MR) is 381 cm³/mol. The van der Waals surface area contributed by atoms with Gasteiger partial charge < -0.3 is 33.8 Å². The molecule has 0 fully saturated rings. The fourth-order valence-corrected chi connectivity index (χ4v) is 13.0. The molecule has 0 aromatic carbocycles. The van der Waals surface area contributed by atoms with E-state index in [1.54, 1.807) is 0 Å². The zero-order valence-electron chi connectivity index (χ0n) is 61.6. The average molecular weight is 1380 g/mol. The van der Waals surface area contributed by atoms with Crippen LogP contribution in [0.3, 0.4) is 0 Å². The molecule has 558 valence electrons. The highest BCUT2D eigenvalue weighted by atomic mass is 31.2. The van der Waals surface area contributed by atoms with E-state index in [-0.39, 0.29) is 25.7 Å². The van der Waals surface area contributed by atoms with Gasteiger partial charge in [-0.3, -0.25) is 37.3 Å². The number of rotatable bonds is 72. The van der Waals surface area contributed by atoms with E-state index in [4.69, 9.17) is 37.0 Å². The lowest BCUT2D eigenvalue weighted by Crippen LogP contribution is -2.30. The predicted octanol–water partition coefficient (Wildman–Crippen LogP) is 21.7. The standard InChI is InChI=1S/C75H146O17P2/c1-65(2)51-43-35-27-19-17-15-13-11-9-10-12-14-16-18-20-31-39-47-55-72(77)85-61-70(91-74(79)57-49-41-33-25-22-29-37-45-53-67(5)6)63-89-93(81,82)87-59-69(76)60-88-94(83,84)90-64-71(92-75(80)58-50-42-34-26-23-30-38-46-54-68(7)8)62-86-73(78)56-48-40-32-24-21-28-36-44-52-66(3)4/h65-71,76H,9-64H2,1-8H3,(H,81,82)(H,83,84)/t69?,70-,71-/m1/s1. The molecule has 17 nitrogen and oxygen atoms in total. The zero-order valence-corrected chi connectivity index (χ0v) is 63.4. The summed E-state index contributed by atoms with van der Waals surface area (Å²) in [6.07, 6.45) is 48.9. The van der Waals surface area contributed by atoms with Crippen LogP contribution in [0, 0.1) is 23.7 Å². The summed E-state index contributed by atoms with van der Waals surface area (Å²) in [5.74, 6) is 0.859. The topological polar surface area (TPSA) is 237 Å². The Kier molecular flexibility index (Phi) is 63.1. The molecule has 3 unspecified atom stereocenters. The molecule has 5 atom stereocenters. The van der Waals surface area contributed by atoms with Gasteiger partial charge in [0.2, 0.25) is 0 Å². The van der Waals surface area contributed by atoms with Crippen molar-refractivity contribution in [2.75, 3.05) is 39.6 Å². The van der Waals surface area contributed by atoms with Gasteiger partial charge >= 0.3 is 39.5 Å². The van der Waals surface area contributed by atoms with Crippen LogP contribution in [0.25, 0.3) is 0 Å². The molecule has 0 spiro atoms. The largest absolute Gasteiger partial charge is 0.472 e. The number of carbonyl (C=O) groups is 4. The molecule has 0 aliphatic rings. The maximum Gasteiger partial charge on any atom is 0.472 e. The molecule has 0 rings (SSSR count). The summed E-state index contributed by atoms with van der Waals surface area (Å²) in [5.41, 5.74) is 0. The third-order valence-corrected chi connectivity index (χ3v) is 19.2. The second-order valence-corrected chi connectivity index (χ2v) is 31.9. The molecule has 0 bridgehead atoms. The number of carbonyl (C=O) groups excluding carboxylic acids is 4. The minimum atomic E-state index is -4.96. The van der Waals surface area contributed by atoms with E-state index in [9.17, 15) is 43.2 Å². The summed E-state index contributed by atoms with van der Waals surface area (Å²) in [6, 6.07) is 0. The van der Waals surface area contributed by atoms with Crippen LogP contribution < -0.4 is 0 Å². The van der Waals surface area contributed by atoms with E-state index < -0.39 is 97.5 Å². The smallest absolute Gasteiger partial charge is 0.462 e. The molecule has 0 aliphatic heterocycles. The van der Waals surface area contributed by atoms with Gasteiger partial charge in [-0.2, -0.15) is 0 Å². The highest BCUT2D eigenvalue weighted by Crippen LogP contribution is 2.45. The van der Waals surface area contributed by atoms with Crippen LogP contribution in [-0.4, -0.2) is 96.7 Å². The maximum atomic E-state index is 13.1. The number of aliphatic hydroxyl groups is 1. The van der Waals surface area contributed by atoms with Gasteiger partial charge in [0.15, 0.2) is 12.2 Å². The van der Waals surface area contributed by atoms with Crippen molar-refractivity contribution in [2.24, 2.45) is 23.7 Å². The van der Waals surface area contributed by atoms with Gasteiger partial charge in [-0.25, -0.2) is 9.13 Å². The summed E-state index contributed by atoms with van der Waals surface area (Å²) in [7, 11) is -9.91. The molecule has 0 aliphatic carbocycles. The Morgan fingerprint density at radius 3 is 0.660 bits per heavy atom. The normalized spacial score (nSPS) is 14.2. The minimum Gasteiger partial charge on any atom is -0.462 e. The molecule has 0 saturated carbocycles. The van der Waals surface area contributed by atoms with Crippen molar-refractivity contribution in [1.82, 2.24) is 0 Å². The van der Waals surface area contributed by atoms with Crippen molar-refractivity contribution < 1.29 is 80.2 Å². The molecular weight excluding hydrogens is 1230 g/mol. The fraction of sp³-hybridized carbons (Fsp3) is 0.947. The maximum absolute atomic E-state index is 13.1. The van der Waals surface area contributed by atoms with Gasteiger partial charge in [0.1, 0.15) is 19.3 Å². The fourth-order valence-electron chi connectivity index (χ4n) is 11.4. The second kappa shape index (κ2) is 64.4. The quantitative estimate of drug-likeness (QED) is 0.0222. The van der Waals surface area contributed by atoms with Crippen LogP contribution in [0.1, 0.15) is 376 Å². The Balaban J connectivity index is 5.16. The van der Waals surface area contributed by atoms with E-state index in [1.165, 1.54) is 180 Å². The van der Waals surface area contributed by atoms with Crippen molar-refractivity contribution in [3.05, 3.63) is 0 Å². The summed E-state index contributed by atoms with van der Waals surface area (Å²) in [6.45, 7) is 14.1. The first-order valence-electron chi connectivity index (χ1n) is 38.7. The van der Waals surface area contributed by atoms with E-state index in [1.807, 2.05) is 0 Å². The molecule has 0 saturated heterocycles. The molecule has 0 radical (unpaired) electrons. The summed E-state index contributed by atoms with van der Waals surface area (Å²) in [5, 5.41) is 10.6. The first kappa shape index (κ1) is 92.1. The first-order valence-corrected chi connectivity index (χ1v) is 41.7. The molecule has 3 N–H and O–H groups in total. The second-order valence-electron chi connectivity index (χ2n) is 28.9. The molecule has 0 amide bonds. The third kappa shape index (κ3) is 68.6. The van der Waals surface area contributed by atoms with Crippen molar-refractivity contribution in [3.63, 3.8) is 0 Å². The van der Waals surface area contributed by atoms with E-state index >= 15 is 0 Å². The molecular formula is C75H146O17P2. The van der Waals surface area contributed by atoms with Gasteiger partial charge in [-0.15, -0.1) is 0 Å². The Bertz CT molecular complexity index is 1850. The van der Waals surface area contributed by atoms with Gasteiger partial charge in [0, 0.05) is 25.7 Å². The lowest BCUT2D eigenvalue weighted by Gasteiger charge is -2.21. The van der Waals surface area contributed by atoms with Crippen molar-refractivity contribution >= 4 is 39.5 Å². The highest BCUT2D eigenvalue weighted by molar-refractivity contribution is 7.47. The lowest BCUT2D eigenvalue weighted by atomic mass is 10.0. The van der Waals surface area contributed by atoms with Gasteiger partial charge in [0.25, 0.3) is 0 Å². The van der Waals surface area contributed by atoms with Crippen LogP contribution in [0.5, 0.6) is 0 Å². The van der Waals surface area contributed by atoms with Crippen LogP contribution in [-0.2, 0) is 65.4 Å². The van der Waals surface area contributed by atoms with Crippen molar-refractivity contribution in [1.29, 1.82) is 0 Å². The number of unbranched alkanes of at least 4 members (excludes halogenated alkanes) is 38. The first-order chi connectivity index (χ1) is 45.1. The Morgan fingerprint density at radius 1 is 0.266 bits per heavy atom. The van der Waals surface area contributed by atoms with Crippen molar-refractivity contribution in [3.8, 4) is 0 Å². The molecule has 0 heterocycles. The number of phosphoric ester groups is 2. The minimum absolute atomic E-state index is 0.103. The number of esters is 4.